The van der Waals surface area contributed by atoms with Gasteiger partial charge >= 0.3 is 0 Å². The van der Waals surface area contributed by atoms with Gasteiger partial charge in [-0.05, 0) is 47.9 Å². The van der Waals surface area contributed by atoms with Gasteiger partial charge in [-0.3, -0.25) is 4.79 Å². The zero-order valence-corrected chi connectivity index (χ0v) is 11.8. The maximum atomic E-state index is 13.2. The molecule has 0 saturated heterocycles. The molecule has 3 rings (SSSR count). The van der Waals surface area contributed by atoms with Crippen molar-refractivity contribution in [2.24, 2.45) is 0 Å². The molecular formula is C17H17FN2O. The molecule has 1 atom stereocenters. The van der Waals surface area contributed by atoms with Crippen LogP contribution in [0.2, 0.25) is 0 Å². The molecule has 1 aliphatic heterocycles. The van der Waals surface area contributed by atoms with Crippen LogP contribution in [0.15, 0.2) is 42.5 Å². The summed E-state index contributed by atoms with van der Waals surface area (Å²) in [6.07, 6.45) is 0. The highest BCUT2D eigenvalue weighted by atomic mass is 19.1. The van der Waals surface area contributed by atoms with Crippen molar-refractivity contribution in [3.05, 3.63) is 70.5 Å². The summed E-state index contributed by atoms with van der Waals surface area (Å²) in [6.45, 7) is 3.51. The average molecular weight is 284 g/mol. The Bertz CT molecular complexity index is 684. The molecule has 4 heteroatoms. The molecule has 0 aliphatic carbocycles. The number of carbonyl (C=O) groups is 1. The highest BCUT2D eigenvalue weighted by Gasteiger charge is 2.15. The van der Waals surface area contributed by atoms with E-state index < -0.39 is 0 Å². The number of rotatable bonds is 3. The smallest absolute Gasteiger partial charge is 0.251 e. The van der Waals surface area contributed by atoms with Crippen LogP contribution in [-0.2, 0) is 13.1 Å². The van der Waals surface area contributed by atoms with Crippen molar-refractivity contribution in [2.75, 3.05) is 0 Å². The minimum Gasteiger partial charge on any atom is -0.346 e. The zero-order chi connectivity index (χ0) is 14.8. The molecule has 0 radical (unpaired) electrons. The average Bonchev–Trinajstić information content (AvgIpc) is 2.94. The summed E-state index contributed by atoms with van der Waals surface area (Å²) in [5.41, 5.74) is 3.80. The normalized spacial score (nSPS) is 14.6. The van der Waals surface area contributed by atoms with Crippen LogP contribution in [-0.4, -0.2) is 5.91 Å². The lowest BCUT2D eigenvalue weighted by molar-refractivity contribution is 0.0939. The quantitative estimate of drug-likeness (QED) is 0.910. The van der Waals surface area contributed by atoms with Crippen LogP contribution in [0.25, 0.3) is 0 Å². The van der Waals surface area contributed by atoms with Crippen molar-refractivity contribution in [1.82, 2.24) is 10.6 Å². The van der Waals surface area contributed by atoms with E-state index in [9.17, 15) is 9.18 Å². The largest absolute Gasteiger partial charge is 0.346 e. The molecule has 0 bridgehead atoms. The van der Waals surface area contributed by atoms with Crippen LogP contribution in [0.1, 0.15) is 40.0 Å². The zero-order valence-electron chi connectivity index (χ0n) is 11.8. The maximum Gasteiger partial charge on any atom is 0.251 e. The van der Waals surface area contributed by atoms with Gasteiger partial charge in [0.1, 0.15) is 5.82 Å². The predicted octanol–water partition coefficient (Wildman–Crippen LogP) is 2.92. The fraction of sp³-hybridized carbons (Fsp3) is 0.235. The first-order valence-electron chi connectivity index (χ1n) is 7.02. The molecule has 21 heavy (non-hydrogen) atoms. The van der Waals surface area contributed by atoms with Gasteiger partial charge in [-0.2, -0.15) is 0 Å². The van der Waals surface area contributed by atoms with Crippen molar-refractivity contribution < 1.29 is 9.18 Å². The molecule has 2 aromatic rings. The molecule has 0 aromatic heterocycles. The number of hydrogen-bond donors (Lipinski definition) is 2. The van der Waals surface area contributed by atoms with Gasteiger partial charge in [0.2, 0.25) is 0 Å². The Morgan fingerprint density at radius 3 is 2.81 bits per heavy atom. The molecule has 1 aliphatic rings. The first-order chi connectivity index (χ1) is 10.1. The molecule has 0 spiro atoms. The number of fused-ring (bicyclic) bond motifs is 1. The fourth-order valence-corrected chi connectivity index (χ4v) is 2.58. The van der Waals surface area contributed by atoms with Gasteiger partial charge in [0.25, 0.3) is 5.91 Å². The third kappa shape index (κ3) is 2.95. The summed E-state index contributed by atoms with van der Waals surface area (Å²) in [5.74, 6) is -0.432. The number of hydrogen-bond acceptors (Lipinski definition) is 2. The van der Waals surface area contributed by atoms with Crippen LogP contribution in [0.4, 0.5) is 4.39 Å². The summed E-state index contributed by atoms with van der Waals surface area (Å²) < 4.78 is 13.2. The van der Waals surface area contributed by atoms with Gasteiger partial charge in [-0.15, -0.1) is 0 Å². The molecule has 2 aromatic carbocycles. The monoisotopic (exact) mass is 284 g/mol. The number of halogens is 1. The van der Waals surface area contributed by atoms with Crippen molar-refractivity contribution in [3.63, 3.8) is 0 Å². The Balaban J connectivity index is 1.74. The third-order valence-electron chi connectivity index (χ3n) is 3.80. The van der Waals surface area contributed by atoms with E-state index in [-0.39, 0.29) is 17.8 Å². The molecule has 0 fully saturated rings. The second-order valence-electron chi connectivity index (χ2n) is 5.34. The first-order valence-corrected chi connectivity index (χ1v) is 7.02. The summed E-state index contributed by atoms with van der Waals surface area (Å²) in [7, 11) is 0. The van der Waals surface area contributed by atoms with E-state index >= 15 is 0 Å². The number of amides is 1. The molecule has 2 N–H and O–H groups in total. The minimum absolute atomic E-state index is 0.138. The molecule has 108 valence electrons. The second kappa shape index (κ2) is 5.66. The lowest BCUT2D eigenvalue weighted by Gasteiger charge is -2.15. The van der Waals surface area contributed by atoms with E-state index in [0.717, 1.165) is 18.7 Å². The molecule has 0 saturated carbocycles. The topological polar surface area (TPSA) is 41.1 Å². The Morgan fingerprint density at radius 1 is 1.19 bits per heavy atom. The van der Waals surface area contributed by atoms with Crippen LogP contribution >= 0.6 is 0 Å². The predicted molar refractivity (Wildman–Crippen MR) is 79.3 cm³/mol. The molecule has 0 unspecified atom stereocenters. The minimum atomic E-state index is -0.294. The molecule has 1 amide bonds. The summed E-state index contributed by atoms with van der Waals surface area (Å²) >= 11 is 0. The van der Waals surface area contributed by atoms with Crippen LogP contribution in [0.5, 0.6) is 0 Å². The van der Waals surface area contributed by atoms with Crippen LogP contribution < -0.4 is 10.6 Å². The van der Waals surface area contributed by atoms with E-state index in [0.29, 0.717) is 5.56 Å². The maximum absolute atomic E-state index is 13.2. The van der Waals surface area contributed by atoms with Gasteiger partial charge < -0.3 is 10.6 Å². The molecule has 1 heterocycles. The summed E-state index contributed by atoms with van der Waals surface area (Å²) in [6, 6.07) is 11.8. The van der Waals surface area contributed by atoms with Crippen molar-refractivity contribution in [1.29, 1.82) is 0 Å². The van der Waals surface area contributed by atoms with Crippen LogP contribution in [0, 0.1) is 5.82 Å². The lowest BCUT2D eigenvalue weighted by atomic mass is 10.0. The van der Waals surface area contributed by atoms with Crippen molar-refractivity contribution in [2.45, 2.75) is 26.1 Å². The van der Waals surface area contributed by atoms with Gasteiger partial charge in [0.05, 0.1) is 6.04 Å². The van der Waals surface area contributed by atoms with Gasteiger partial charge in [0, 0.05) is 18.7 Å². The molecule has 3 nitrogen and oxygen atoms in total. The van der Waals surface area contributed by atoms with E-state index in [4.69, 9.17) is 0 Å². The Labute approximate surface area is 123 Å². The second-order valence-corrected chi connectivity index (χ2v) is 5.34. The Morgan fingerprint density at radius 2 is 2.00 bits per heavy atom. The highest BCUT2D eigenvalue weighted by molar-refractivity contribution is 5.94. The standard InChI is InChI=1S/C17H17FN2O/c1-11(12-3-2-4-16(18)8-12)20-17(21)13-5-6-14-9-19-10-15(14)7-13/h2-8,11,19H,9-10H2,1H3,(H,20,21)/t11-/m1/s1. The Hall–Kier alpha value is -2.20. The summed E-state index contributed by atoms with van der Waals surface area (Å²) in [4.78, 5) is 12.3. The van der Waals surface area contributed by atoms with E-state index in [2.05, 4.69) is 10.6 Å². The SMILES string of the molecule is C[C@@H](NC(=O)c1ccc2c(c1)CNC2)c1cccc(F)c1. The first kappa shape index (κ1) is 13.8. The lowest BCUT2D eigenvalue weighted by Crippen LogP contribution is -2.26. The van der Waals surface area contributed by atoms with E-state index in [1.54, 1.807) is 12.1 Å². The van der Waals surface area contributed by atoms with Gasteiger partial charge in [-0.1, -0.05) is 18.2 Å². The summed E-state index contributed by atoms with van der Waals surface area (Å²) in [5, 5.41) is 6.16. The number of carbonyl (C=O) groups excluding carboxylic acids is 1. The van der Waals surface area contributed by atoms with Gasteiger partial charge in [0.15, 0.2) is 0 Å². The fourth-order valence-electron chi connectivity index (χ4n) is 2.58. The number of nitrogens with one attached hydrogen (secondary N) is 2. The van der Waals surface area contributed by atoms with Crippen molar-refractivity contribution in [3.8, 4) is 0 Å². The highest BCUT2D eigenvalue weighted by Crippen LogP contribution is 2.18. The third-order valence-corrected chi connectivity index (χ3v) is 3.80. The van der Waals surface area contributed by atoms with Crippen molar-refractivity contribution >= 4 is 5.91 Å². The molecular weight excluding hydrogens is 267 g/mol. The van der Waals surface area contributed by atoms with Crippen LogP contribution in [0.3, 0.4) is 0 Å². The van der Waals surface area contributed by atoms with E-state index in [1.807, 2.05) is 25.1 Å². The van der Waals surface area contributed by atoms with Gasteiger partial charge in [-0.25, -0.2) is 4.39 Å². The van der Waals surface area contributed by atoms with E-state index in [1.165, 1.54) is 23.3 Å². The number of benzene rings is 2. The Kier molecular flexibility index (Phi) is 3.71.